The van der Waals surface area contributed by atoms with E-state index < -0.39 is 28.0 Å². The van der Waals surface area contributed by atoms with Crippen LogP contribution in [0, 0.1) is 27.7 Å². The third kappa shape index (κ3) is 4.50. The second-order valence-electron chi connectivity index (χ2n) is 15.6. The first-order valence-electron chi connectivity index (χ1n) is 18.2. The fraction of sp³-hybridized carbons (Fsp3) is 0.167. The zero-order valence-electron chi connectivity index (χ0n) is 30.0. The Hall–Kier alpha value is -4.11. The SMILES string of the molecule is Cc1ccc(C)c(-c2cccc3c2C=C2[CH]3[Hf]([CH3])([CH3])[CH]3C(=Cc4c(-c5cc(C)ccc5C)cccc43)[Si]2(c2ccccc2)c2ccccc2)c1. The summed E-state index contributed by atoms with van der Waals surface area (Å²) < 4.78 is 6.59. The summed E-state index contributed by atoms with van der Waals surface area (Å²) in [6.07, 6.45) is 5.47. The standard InChI is InChI=1S/C46H38Si.2CH3.Hf/c1-31-21-23-33(3)43(25-31)41-19-11-13-35-27-39(29-45(35)41)47(37-15-7-5-8-16-37,38-17-9-6-10-18-38)40-28-36-14-12-20-42(46(36)30-40)44-26-32(2)22-24-34(44)4;;;/h5-30H,1-4H3;2*1H3;. The summed E-state index contributed by atoms with van der Waals surface area (Å²) in [7, 11) is -2.70. The van der Waals surface area contributed by atoms with E-state index in [1.165, 1.54) is 66.0 Å². The van der Waals surface area contributed by atoms with E-state index in [0.717, 1.165) is 0 Å². The summed E-state index contributed by atoms with van der Waals surface area (Å²) in [5.74, 6) is 0. The molecule has 2 unspecified atom stereocenters. The normalized spacial score (nSPS) is 19.2. The van der Waals surface area contributed by atoms with E-state index in [0.29, 0.717) is 7.35 Å². The van der Waals surface area contributed by atoms with Gasteiger partial charge in [-0.15, -0.1) is 0 Å². The van der Waals surface area contributed by atoms with Crippen LogP contribution in [0.5, 0.6) is 0 Å². The van der Waals surface area contributed by atoms with Crippen LogP contribution in [-0.2, 0) is 20.0 Å². The van der Waals surface area contributed by atoms with E-state index in [1.54, 1.807) is 21.5 Å². The number of allylic oxidation sites excluding steroid dienone is 2. The number of benzene rings is 6. The zero-order chi connectivity index (χ0) is 34.4. The van der Waals surface area contributed by atoms with Crippen LogP contribution in [0.25, 0.3) is 34.4 Å². The van der Waals surface area contributed by atoms with Crippen molar-refractivity contribution in [2.75, 3.05) is 0 Å². The van der Waals surface area contributed by atoms with Crippen LogP contribution in [0.3, 0.4) is 0 Å². The fourth-order valence-electron chi connectivity index (χ4n) is 10.1. The number of rotatable bonds is 4. The molecule has 0 spiro atoms. The summed E-state index contributed by atoms with van der Waals surface area (Å²) in [5, 5.41) is 6.50. The van der Waals surface area contributed by atoms with Crippen LogP contribution in [0.1, 0.15) is 51.9 Å². The Morgan fingerprint density at radius 2 is 0.860 bits per heavy atom. The van der Waals surface area contributed by atoms with Gasteiger partial charge in [-0.05, 0) is 0 Å². The first-order valence-corrected chi connectivity index (χ1v) is 31.5. The number of hydrogen-bond acceptors (Lipinski definition) is 0. The molecule has 1 aliphatic heterocycles. The molecule has 0 aromatic heterocycles. The van der Waals surface area contributed by atoms with E-state index in [1.807, 2.05) is 0 Å². The van der Waals surface area contributed by atoms with Crippen LogP contribution in [0.4, 0.5) is 0 Å². The molecule has 1 saturated heterocycles. The van der Waals surface area contributed by atoms with Crippen molar-refractivity contribution in [3.05, 3.63) is 188 Å². The van der Waals surface area contributed by atoms with Crippen LogP contribution < -0.4 is 10.4 Å². The molecule has 1 heterocycles. The van der Waals surface area contributed by atoms with Gasteiger partial charge in [0.15, 0.2) is 0 Å². The number of fused-ring (bicyclic) bond motifs is 6. The van der Waals surface area contributed by atoms with Gasteiger partial charge in [0.1, 0.15) is 0 Å². The molecule has 2 atom stereocenters. The van der Waals surface area contributed by atoms with Gasteiger partial charge in [0.05, 0.1) is 0 Å². The molecule has 244 valence electrons. The summed E-state index contributed by atoms with van der Waals surface area (Å²) in [5.41, 5.74) is 17.0. The maximum absolute atomic E-state index is 3.33. The van der Waals surface area contributed by atoms with Crippen LogP contribution in [0.2, 0.25) is 9.36 Å². The van der Waals surface area contributed by atoms with Gasteiger partial charge in [0.2, 0.25) is 0 Å². The van der Waals surface area contributed by atoms with Crippen molar-refractivity contribution in [1.82, 2.24) is 0 Å². The van der Waals surface area contributed by atoms with Crippen molar-refractivity contribution >= 4 is 30.6 Å². The molecule has 3 aliphatic rings. The Morgan fingerprint density at radius 1 is 0.440 bits per heavy atom. The van der Waals surface area contributed by atoms with Crippen molar-refractivity contribution in [1.29, 1.82) is 0 Å². The molecule has 0 amide bonds. The molecule has 50 heavy (non-hydrogen) atoms. The van der Waals surface area contributed by atoms with E-state index in [2.05, 4.69) is 183 Å². The van der Waals surface area contributed by atoms with Gasteiger partial charge in [0.25, 0.3) is 0 Å². The molecule has 2 aliphatic carbocycles. The Labute approximate surface area is 303 Å². The summed E-state index contributed by atoms with van der Waals surface area (Å²) in [6.45, 7) is 9.01. The average molecular weight is 827 g/mol. The molecule has 2 heteroatoms. The van der Waals surface area contributed by atoms with Crippen LogP contribution in [-0.4, -0.2) is 8.07 Å². The van der Waals surface area contributed by atoms with E-state index in [9.17, 15) is 0 Å². The third-order valence-electron chi connectivity index (χ3n) is 12.3. The molecule has 0 radical (unpaired) electrons. The molecule has 1 fully saturated rings. The van der Waals surface area contributed by atoms with Crippen molar-refractivity contribution < 1.29 is 20.0 Å². The quantitative estimate of drug-likeness (QED) is 0.155. The minimum atomic E-state index is -3.33. The van der Waals surface area contributed by atoms with Crippen LogP contribution in [0.15, 0.2) is 144 Å². The van der Waals surface area contributed by atoms with Gasteiger partial charge < -0.3 is 0 Å². The van der Waals surface area contributed by atoms with E-state index >= 15 is 0 Å². The molecular weight excluding hydrogens is 783 g/mol. The van der Waals surface area contributed by atoms with Crippen LogP contribution >= 0.6 is 0 Å². The Balaban J connectivity index is 1.41. The molecule has 0 nitrogen and oxygen atoms in total. The van der Waals surface area contributed by atoms with Crippen molar-refractivity contribution in [2.24, 2.45) is 0 Å². The predicted molar refractivity (Wildman–Crippen MR) is 214 cm³/mol. The topological polar surface area (TPSA) is 0 Å². The minimum absolute atomic E-state index is 0.507. The second-order valence-corrected chi connectivity index (χ2v) is 36.7. The maximum atomic E-state index is 2.79. The number of hydrogen-bond donors (Lipinski definition) is 0. The number of aryl methyl sites for hydroxylation is 4. The second kappa shape index (κ2) is 11.7. The van der Waals surface area contributed by atoms with Gasteiger partial charge in [-0.2, -0.15) is 0 Å². The molecule has 0 N–H and O–H groups in total. The Bertz CT molecular complexity index is 2230. The molecule has 0 saturated carbocycles. The van der Waals surface area contributed by atoms with Gasteiger partial charge >= 0.3 is 306 Å². The zero-order valence-corrected chi connectivity index (χ0v) is 34.6. The Kier molecular flexibility index (Phi) is 7.46. The molecule has 9 rings (SSSR count). The molecule has 0 bridgehead atoms. The van der Waals surface area contributed by atoms with Gasteiger partial charge in [-0.25, -0.2) is 0 Å². The van der Waals surface area contributed by atoms with Crippen molar-refractivity contribution in [2.45, 2.75) is 44.4 Å². The summed E-state index contributed by atoms with van der Waals surface area (Å²) in [4.78, 5) is 0. The van der Waals surface area contributed by atoms with E-state index in [-0.39, 0.29) is 0 Å². The average Bonchev–Trinajstić information content (AvgIpc) is 3.73. The van der Waals surface area contributed by atoms with E-state index in [4.69, 9.17) is 0 Å². The Morgan fingerprint density at radius 3 is 1.28 bits per heavy atom. The fourth-order valence-corrected chi connectivity index (χ4v) is 41.3. The van der Waals surface area contributed by atoms with Crippen molar-refractivity contribution in [3.63, 3.8) is 0 Å². The first kappa shape index (κ1) is 31.8. The predicted octanol–water partition coefficient (Wildman–Crippen LogP) is 11.4. The molecular formula is C48H44HfSi. The molecule has 6 aromatic carbocycles. The first-order chi connectivity index (χ1) is 24.2. The summed E-state index contributed by atoms with van der Waals surface area (Å²) >= 11 is -3.33. The van der Waals surface area contributed by atoms with Gasteiger partial charge in [0, 0.05) is 0 Å². The van der Waals surface area contributed by atoms with Gasteiger partial charge in [-0.3, -0.25) is 0 Å². The van der Waals surface area contributed by atoms with Gasteiger partial charge in [-0.1, -0.05) is 0 Å². The molecule has 6 aromatic rings. The monoisotopic (exact) mass is 828 g/mol. The van der Waals surface area contributed by atoms with Crippen molar-refractivity contribution in [3.8, 4) is 22.3 Å². The third-order valence-corrected chi connectivity index (χ3v) is 34.5. The summed E-state index contributed by atoms with van der Waals surface area (Å²) in [6, 6.07) is 51.8.